The number of benzene rings is 1. The lowest BCUT2D eigenvalue weighted by molar-refractivity contribution is 0.108. The molecule has 1 aromatic carbocycles. The van der Waals surface area contributed by atoms with Gasteiger partial charge in [0.15, 0.2) is 0 Å². The molecule has 0 radical (unpaired) electrons. The van der Waals surface area contributed by atoms with Crippen LogP contribution in [0.4, 0.5) is 0 Å². The summed E-state index contributed by atoms with van der Waals surface area (Å²) in [5.74, 6) is 0.788. The number of carbonyl (C=O) groups is 1. The van der Waals surface area contributed by atoms with Crippen LogP contribution in [-0.4, -0.2) is 10.9 Å². The van der Waals surface area contributed by atoms with E-state index in [2.05, 4.69) is 19.9 Å². The van der Waals surface area contributed by atoms with Gasteiger partial charge in [0.05, 0.1) is 0 Å². The standard InChI is InChI=1S/C20H30OS/c1-3-4-5-6-7-8-10-13-18(2)16-17-22-20(21)19-14-11-9-12-15-19/h9,11-12,14-16H,3-8,10,13,17H2,1-2H3/b18-16-. The van der Waals surface area contributed by atoms with Crippen molar-refractivity contribution >= 4 is 16.9 Å². The molecule has 1 aromatic rings. The Labute approximate surface area is 140 Å². The highest BCUT2D eigenvalue weighted by Crippen LogP contribution is 2.15. The molecule has 0 aromatic heterocycles. The van der Waals surface area contributed by atoms with Crippen LogP contribution < -0.4 is 0 Å². The third kappa shape index (κ3) is 9.09. The first-order valence-corrected chi connectivity index (χ1v) is 9.60. The Kier molecular flexibility index (Phi) is 10.8. The lowest BCUT2D eigenvalue weighted by Gasteiger charge is -2.03. The van der Waals surface area contributed by atoms with E-state index >= 15 is 0 Å². The molecule has 22 heavy (non-hydrogen) atoms. The fraction of sp³-hybridized carbons (Fsp3) is 0.550. The average molecular weight is 319 g/mol. The zero-order chi connectivity index (χ0) is 16.0. The molecule has 0 saturated heterocycles. The maximum atomic E-state index is 11.9. The summed E-state index contributed by atoms with van der Waals surface area (Å²) in [7, 11) is 0. The largest absolute Gasteiger partial charge is 0.282 e. The summed E-state index contributed by atoms with van der Waals surface area (Å²) in [6.45, 7) is 4.44. The van der Waals surface area contributed by atoms with Crippen molar-refractivity contribution < 1.29 is 4.79 Å². The van der Waals surface area contributed by atoms with Crippen LogP contribution in [0.1, 0.15) is 75.6 Å². The summed E-state index contributed by atoms with van der Waals surface area (Å²) in [5.41, 5.74) is 2.22. The first-order chi connectivity index (χ1) is 10.7. The van der Waals surface area contributed by atoms with E-state index in [1.807, 2.05) is 30.3 Å². The summed E-state index contributed by atoms with van der Waals surface area (Å²) in [6.07, 6.45) is 12.9. The lowest BCUT2D eigenvalue weighted by Crippen LogP contribution is -1.93. The highest BCUT2D eigenvalue weighted by Gasteiger charge is 2.03. The molecule has 0 bridgehead atoms. The van der Waals surface area contributed by atoms with Crippen LogP contribution in [0.25, 0.3) is 0 Å². The van der Waals surface area contributed by atoms with Gasteiger partial charge in [0.1, 0.15) is 0 Å². The molecule has 0 N–H and O–H groups in total. The molecule has 1 rings (SSSR count). The van der Waals surface area contributed by atoms with Crippen molar-refractivity contribution in [3.8, 4) is 0 Å². The van der Waals surface area contributed by atoms with Crippen molar-refractivity contribution in [2.45, 2.75) is 65.2 Å². The Hall–Kier alpha value is -1.02. The Balaban J connectivity index is 2.09. The smallest absolute Gasteiger partial charge is 0.219 e. The second-order valence-corrected chi connectivity index (χ2v) is 6.88. The fourth-order valence-electron chi connectivity index (χ4n) is 2.38. The minimum Gasteiger partial charge on any atom is -0.282 e. The molecule has 0 heterocycles. The van der Waals surface area contributed by atoms with E-state index in [1.54, 1.807) is 0 Å². The molecule has 0 amide bonds. The Bertz CT molecular complexity index is 436. The zero-order valence-electron chi connectivity index (χ0n) is 14.1. The van der Waals surface area contributed by atoms with Gasteiger partial charge in [-0.25, -0.2) is 0 Å². The summed E-state index contributed by atoms with van der Waals surface area (Å²) in [4.78, 5) is 11.9. The number of carbonyl (C=O) groups excluding carboxylic acids is 1. The molecule has 0 aliphatic rings. The zero-order valence-corrected chi connectivity index (χ0v) is 15.0. The van der Waals surface area contributed by atoms with Crippen molar-refractivity contribution in [3.63, 3.8) is 0 Å². The fourth-order valence-corrected chi connectivity index (χ4v) is 3.20. The van der Waals surface area contributed by atoms with Gasteiger partial charge in [-0.3, -0.25) is 4.79 Å². The van der Waals surface area contributed by atoms with E-state index in [9.17, 15) is 4.79 Å². The van der Waals surface area contributed by atoms with Gasteiger partial charge in [0, 0.05) is 11.3 Å². The number of allylic oxidation sites excluding steroid dienone is 1. The minimum atomic E-state index is 0.167. The van der Waals surface area contributed by atoms with E-state index in [1.165, 1.54) is 68.7 Å². The SMILES string of the molecule is CCCCCCCCC/C(C)=C\CSC(=O)c1ccccc1. The molecule has 0 atom stereocenters. The van der Waals surface area contributed by atoms with Gasteiger partial charge in [-0.1, -0.05) is 99.2 Å². The van der Waals surface area contributed by atoms with E-state index in [4.69, 9.17) is 0 Å². The molecule has 2 heteroatoms. The van der Waals surface area contributed by atoms with Gasteiger partial charge < -0.3 is 0 Å². The predicted molar refractivity (Wildman–Crippen MR) is 99.6 cm³/mol. The van der Waals surface area contributed by atoms with E-state index in [0.717, 1.165) is 11.3 Å². The minimum absolute atomic E-state index is 0.167. The second kappa shape index (κ2) is 12.5. The maximum Gasteiger partial charge on any atom is 0.219 e. The van der Waals surface area contributed by atoms with Crippen LogP contribution in [0.2, 0.25) is 0 Å². The van der Waals surface area contributed by atoms with Crippen LogP contribution in [0, 0.1) is 0 Å². The van der Waals surface area contributed by atoms with Crippen molar-refractivity contribution in [2.75, 3.05) is 5.75 Å². The normalized spacial score (nSPS) is 11.6. The highest BCUT2D eigenvalue weighted by atomic mass is 32.2. The van der Waals surface area contributed by atoms with Gasteiger partial charge in [-0.2, -0.15) is 0 Å². The van der Waals surface area contributed by atoms with Crippen molar-refractivity contribution in [1.29, 1.82) is 0 Å². The molecule has 0 spiro atoms. The summed E-state index contributed by atoms with van der Waals surface area (Å²) in [6, 6.07) is 9.52. The molecule has 1 nitrogen and oxygen atoms in total. The third-order valence-electron chi connectivity index (χ3n) is 3.83. The van der Waals surface area contributed by atoms with E-state index in [-0.39, 0.29) is 5.12 Å². The molecule has 0 unspecified atom stereocenters. The third-order valence-corrected chi connectivity index (χ3v) is 4.66. The van der Waals surface area contributed by atoms with Crippen LogP contribution in [-0.2, 0) is 0 Å². The highest BCUT2D eigenvalue weighted by molar-refractivity contribution is 8.14. The Morgan fingerprint density at radius 2 is 1.64 bits per heavy atom. The summed E-state index contributed by atoms with van der Waals surface area (Å²) < 4.78 is 0. The number of hydrogen-bond acceptors (Lipinski definition) is 2. The molecule has 122 valence electrons. The van der Waals surface area contributed by atoms with Gasteiger partial charge in [0.25, 0.3) is 0 Å². The lowest BCUT2D eigenvalue weighted by atomic mass is 10.1. The first kappa shape index (κ1) is 19.0. The number of rotatable bonds is 11. The first-order valence-electron chi connectivity index (χ1n) is 8.62. The van der Waals surface area contributed by atoms with Crippen molar-refractivity contribution in [2.24, 2.45) is 0 Å². The van der Waals surface area contributed by atoms with Crippen molar-refractivity contribution in [1.82, 2.24) is 0 Å². The van der Waals surface area contributed by atoms with Crippen LogP contribution in [0.3, 0.4) is 0 Å². The summed E-state index contributed by atoms with van der Waals surface area (Å²) >= 11 is 1.40. The van der Waals surface area contributed by atoms with E-state index < -0.39 is 0 Å². The number of thioether (sulfide) groups is 1. The molecular weight excluding hydrogens is 288 g/mol. The monoisotopic (exact) mass is 318 g/mol. The van der Waals surface area contributed by atoms with Crippen molar-refractivity contribution in [3.05, 3.63) is 47.5 Å². The second-order valence-electron chi connectivity index (χ2n) is 5.89. The van der Waals surface area contributed by atoms with Gasteiger partial charge >= 0.3 is 0 Å². The number of unbranched alkanes of at least 4 members (excludes halogenated alkanes) is 6. The summed E-state index contributed by atoms with van der Waals surface area (Å²) in [5, 5.41) is 0.167. The predicted octanol–water partition coefficient (Wildman–Crippen LogP) is 6.65. The van der Waals surface area contributed by atoms with Gasteiger partial charge in [-0.05, 0) is 19.8 Å². The van der Waals surface area contributed by atoms with Gasteiger partial charge in [-0.15, -0.1) is 0 Å². The van der Waals surface area contributed by atoms with Crippen LogP contribution >= 0.6 is 11.8 Å². The Morgan fingerprint density at radius 1 is 1.00 bits per heavy atom. The average Bonchev–Trinajstić information content (AvgIpc) is 2.54. The topological polar surface area (TPSA) is 17.1 Å². The van der Waals surface area contributed by atoms with Gasteiger partial charge in [0.2, 0.25) is 5.12 Å². The molecule has 0 aliphatic carbocycles. The molecule has 0 saturated carbocycles. The molecular formula is C20H30OS. The molecule has 0 aliphatic heterocycles. The van der Waals surface area contributed by atoms with Crippen LogP contribution in [0.15, 0.2) is 42.0 Å². The van der Waals surface area contributed by atoms with Crippen LogP contribution in [0.5, 0.6) is 0 Å². The van der Waals surface area contributed by atoms with E-state index in [0.29, 0.717) is 0 Å². The quantitative estimate of drug-likeness (QED) is 0.336. The maximum absolute atomic E-state index is 11.9. The molecule has 0 fully saturated rings. The number of hydrogen-bond donors (Lipinski definition) is 0. The Morgan fingerprint density at radius 3 is 2.32 bits per heavy atom.